The summed E-state index contributed by atoms with van der Waals surface area (Å²) in [5.41, 5.74) is -2.06. The summed E-state index contributed by atoms with van der Waals surface area (Å²) in [6, 6.07) is 0. The molecule has 0 atom stereocenters. The Morgan fingerprint density at radius 3 is 2.28 bits per heavy atom. The minimum Gasteiger partial charge on any atom is -0.468 e. The van der Waals surface area contributed by atoms with Crippen LogP contribution in [0.1, 0.15) is 45.5 Å². The number of anilines is 1. The number of nitrogens with one attached hydrogen (secondary N) is 2. The summed E-state index contributed by atoms with van der Waals surface area (Å²) in [5, 5.41) is 14.7. The van der Waals surface area contributed by atoms with Crippen molar-refractivity contribution in [3.05, 3.63) is 5.01 Å². The number of rotatable bonds is 5. The lowest BCUT2D eigenvalue weighted by atomic mass is 9.74. The molecule has 0 unspecified atom stereocenters. The molecule has 1 aromatic heterocycles. The number of methoxy groups -OCH3 is 1. The average molecular weight is 370 g/mol. The van der Waals surface area contributed by atoms with Crippen molar-refractivity contribution in [2.45, 2.75) is 64.2 Å². The summed E-state index contributed by atoms with van der Waals surface area (Å²) >= 11 is 1.29. The molecule has 1 saturated heterocycles. The lowest BCUT2D eigenvalue weighted by Gasteiger charge is -2.50. The van der Waals surface area contributed by atoms with Crippen LogP contribution < -0.4 is 10.6 Å². The maximum Gasteiger partial charge on any atom is 0.326 e. The molecule has 0 radical (unpaired) electrons. The number of carbonyl (C=O) groups excluding carboxylic acids is 2. The fourth-order valence-electron chi connectivity index (χ4n) is 3.63. The van der Waals surface area contributed by atoms with E-state index >= 15 is 0 Å². The van der Waals surface area contributed by atoms with Gasteiger partial charge in [0.05, 0.1) is 24.9 Å². The number of aryl methyl sites for hydroxylation is 1. The van der Waals surface area contributed by atoms with Crippen molar-refractivity contribution in [1.29, 1.82) is 0 Å². The second-order valence-electron chi connectivity index (χ2n) is 7.58. The number of amides is 1. The van der Waals surface area contributed by atoms with E-state index in [9.17, 15) is 9.59 Å². The third-order valence-electron chi connectivity index (χ3n) is 3.94. The molecule has 1 amide bonds. The molecule has 2 N–H and O–H groups in total. The fourth-order valence-corrected chi connectivity index (χ4v) is 4.24. The van der Waals surface area contributed by atoms with Gasteiger partial charge in [-0.15, -0.1) is 10.2 Å². The van der Waals surface area contributed by atoms with Gasteiger partial charge in [0.25, 0.3) is 0 Å². The highest BCUT2D eigenvalue weighted by Gasteiger charge is 2.53. The Labute approximate surface area is 151 Å². The first-order chi connectivity index (χ1) is 11.5. The van der Waals surface area contributed by atoms with Crippen LogP contribution in [-0.2, 0) is 19.1 Å². The Kier molecular flexibility index (Phi) is 5.50. The Morgan fingerprint density at radius 1 is 1.20 bits per heavy atom. The minimum absolute atomic E-state index is 0.0418. The van der Waals surface area contributed by atoms with E-state index in [1.54, 1.807) is 0 Å². The molecule has 0 spiro atoms. The van der Waals surface area contributed by atoms with Gasteiger partial charge in [-0.05, 0) is 34.6 Å². The van der Waals surface area contributed by atoms with Crippen molar-refractivity contribution in [2.24, 2.45) is 0 Å². The van der Waals surface area contributed by atoms with E-state index < -0.39 is 22.7 Å². The van der Waals surface area contributed by atoms with Gasteiger partial charge in [-0.2, -0.15) is 0 Å². The molecule has 9 heteroatoms. The molecule has 1 aliphatic heterocycles. The molecule has 0 aliphatic carbocycles. The molecular formula is C16H26N4O4S. The number of esters is 1. The standard InChI is InChI=1S/C16H26N4O4S/c1-10-19-20-13(25-10)18-11(21)7-17-16(12(22)23-6)8-14(2,3)24-15(4,5)9-16/h17H,7-9H2,1-6H3,(H,18,20,21). The lowest BCUT2D eigenvalue weighted by molar-refractivity contribution is -0.197. The smallest absolute Gasteiger partial charge is 0.326 e. The van der Waals surface area contributed by atoms with Gasteiger partial charge in [0.2, 0.25) is 11.0 Å². The Bertz CT molecular complexity index is 640. The van der Waals surface area contributed by atoms with E-state index in [4.69, 9.17) is 9.47 Å². The summed E-state index contributed by atoms with van der Waals surface area (Å²) in [7, 11) is 1.35. The van der Waals surface area contributed by atoms with Crippen molar-refractivity contribution in [2.75, 3.05) is 19.0 Å². The van der Waals surface area contributed by atoms with Gasteiger partial charge in [0, 0.05) is 12.8 Å². The summed E-state index contributed by atoms with van der Waals surface area (Å²) in [4.78, 5) is 24.8. The van der Waals surface area contributed by atoms with Crippen molar-refractivity contribution in [1.82, 2.24) is 15.5 Å². The number of hydrogen-bond acceptors (Lipinski definition) is 8. The highest BCUT2D eigenvalue weighted by molar-refractivity contribution is 7.15. The molecule has 1 aliphatic rings. The third-order valence-corrected chi connectivity index (χ3v) is 4.70. The largest absolute Gasteiger partial charge is 0.468 e. The molecule has 2 heterocycles. The lowest BCUT2D eigenvalue weighted by Crippen LogP contribution is -2.65. The third kappa shape index (κ3) is 4.96. The van der Waals surface area contributed by atoms with Gasteiger partial charge in [-0.1, -0.05) is 11.3 Å². The predicted molar refractivity (Wildman–Crippen MR) is 94.5 cm³/mol. The van der Waals surface area contributed by atoms with Gasteiger partial charge in [-0.3, -0.25) is 20.2 Å². The van der Waals surface area contributed by atoms with Crippen LogP contribution in [0.2, 0.25) is 0 Å². The highest BCUT2D eigenvalue weighted by atomic mass is 32.1. The molecule has 25 heavy (non-hydrogen) atoms. The molecule has 8 nitrogen and oxygen atoms in total. The summed E-state index contributed by atoms with van der Waals surface area (Å²) < 4.78 is 11.1. The van der Waals surface area contributed by atoms with Gasteiger partial charge in [-0.25, -0.2) is 0 Å². The maximum absolute atomic E-state index is 12.5. The number of ether oxygens (including phenoxy) is 2. The van der Waals surface area contributed by atoms with E-state index in [0.717, 1.165) is 5.01 Å². The van der Waals surface area contributed by atoms with Crippen LogP contribution in [0.3, 0.4) is 0 Å². The molecule has 1 aromatic rings. The summed E-state index contributed by atoms with van der Waals surface area (Å²) in [6.07, 6.45) is 0.808. The zero-order chi connectivity index (χ0) is 18.9. The van der Waals surface area contributed by atoms with E-state index in [0.29, 0.717) is 18.0 Å². The summed E-state index contributed by atoms with van der Waals surface area (Å²) in [5.74, 6) is -0.682. The molecule has 0 aromatic carbocycles. The number of nitrogens with zero attached hydrogens (tertiary/aromatic N) is 2. The van der Waals surface area contributed by atoms with Crippen molar-refractivity contribution in [3.8, 4) is 0 Å². The predicted octanol–water partition coefficient (Wildman–Crippen LogP) is 1.65. The van der Waals surface area contributed by atoms with E-state index in [1.807, 2.05) is 34.6 Å². The van der Waals surface area contributed by atoms with Gasteiger partial charge in [0.1, 0.15) is 10.5 Å². The van der Waals surface area contributed by atoms with Crippen LogP contribution >= 0.6 is 11.3 Å². The first-order valence-corrected chi connectivity index (χ1v) is 8.92. The SMILES string of the molecule is COC(=O)C1(NCC(=O)Nc2nnc(C)s2)CC(C)(C)OC(C)(C)C1. The Balaban J connectivity index is 2.12. The molecule has 2 rings (SSSR count). The molecule has 1 fully saturated rings. The normalized spacial score (nSPS) is 20.7. The van der Waals surface area contributed by atoms with Crippen LogP contribution in [0, 0.1) is 6.92 Å². The number of aromatic nitrogens is 2. The van der Waals surface area contributed by atoms with Crippen LogP contribution in [0.15, 0.2) is 0 Å². The molecule has 140 valence electrons. The number of carbonyl (C=O) groups is 2. The topological polar surface area (TPSA) is 102 Å². The van der Waals surface area contributed by atoms with Gasteiger partial charge in [0.15, 0.2) is 0 Å². The zero-order valence-corrected chi connectivity index (χ0v) is 16.4. The zero-order valence-electron chi connectivity index (χ0n) is 15.6. The fraction of sp³-hybridized carbons (Fsp3) is 0.750. The maximum atomic E-state index is 12.5. The second kappa shape index (κ2) is 6.97. The van der Waals surface area contributed by atoms with E-state index in [2.05, 4.69) is 20.8 Å². The Hall–Kier alpha value is -1.58. The summed E-state index contributed by atoms with van der Waals surface area (Å²) in [6.45, 7) is 9.48. The van der Waals surface area contributed by atoms with Crippen molar-refractivity contribution in [3.63, 3.8) is 0 Å². The van der Waals surface area contributed by atoms with Crippen molar-refractivity contribution < 1.29 is 19.1 Å². The van der Waals surface area contributed by atoms with Gasteiger partial charge < -0.3 is 9.47 Å². The van der Waals surface area contributed by atoms with Gasteiger partial charge >= 0.3 is 5.97 Å². The van der Waals surface area contributed by atoms with E-state index in [-0.39, 0.29) is 12.5 Å². The quantitative estimate of drug-likeness (QED) is 0.760. The second-order valence-corrected chi connectivity index (χ2v) is 8.76. The van der Waals surface area contributed by atoms with Crippen LogP contribution in [0.5, 0.6) is 0 Å². The monoisotopic (exact) mass is 370 g/mol. The Morgan fingerprint density at radius 2 is 1.80 bits per heavy atom. The van der Waals surface area contributed by atoms with Crippen LogP contribution in [0.25, 0.3) is 0 Å². The van der Waals surface area contributed by atoms with Crippen LogP contribution in [0.4, 0.5) is 5.13 Å². The first-order valence-electron chi connectivity index (χ1n) is 8.11. The van der Waals surface area contributed by atoms with Crippen molar-refractivity contribution >= 4 is 28.3 Å². The first kappa shape index (κ1) is 19.7. The van der Waals surface area contributed by atoms with E-state index in [1.165, 1.54) is 18.4 Å². The highest BCUT2D eigenvalue weighted by Crippen LogP contribution is 2.41. The van der Waals surface area contributed by atoms with Crippen LogP contribution in [-0.4, -0.2) is 52.5 Å². The molecule has 0 bridgehead atoms. The average Bonchev–Trinajstić information content (AvgIpc) is 2.86. The number of hydrogen-bond donors (Lipinski definition) is 2. The molecule has 0 saturated carbocycles. The molecular weight excluding hydrogens is 344 g/mol. The minimum atomic E-state index is -0.992.